The topological polar surface area (TPSA) is 79.7 Å². The maximum absolute atomic E-state index is 12.8. The third-order valence-corrected chi connectivity index (χ3v) is 5.60. The molecule has 1 amide bonds. The Balaban J connectivity index is 1.58. The van der Waals surface area contributed by atoms with Gasteiger partial charge in [0.15, 0.2) is 11.4 Å². The molecule has 9 heteroatoms. The van der Waals surface area contributed by atoms with Crippen LogP contribution in [-0.4, -0.2) is 52.2 Å². The molecule has 154 valence electrons. The molecule has 1 N–H and O–H groups in total. The Labute approximate surface area is 160 Å². The van der Waals surface area contributed by atoms with Gasteiger partial charge < -0.3 is 14.7 Å². The molecular formula is C19H23F3N2O4. The number of amides is 1. The van der Waals surface area contributed by atoms with Gasteiger partial charge in [0, 0.05) is 18.7 Å². The van der Waals surface area contributed by atoms with Crippen molar-refractivity contribution < 1.29 is 32.6 Å². The molecular weight excluding hydrogens is 377 g/mol. The Bertz CT molecular complexity index is 717. The number of carbonyl (C=O) groups is 2. The summed E-state index contributed by atoms with van der Waals surface area (Å²) >= 11 is 0. The van der Waals surface area contributed by atoms with Crippen molar-refractivity contribution in [2.45, 2.75) is 50.7 Å². The second-order valence-electron chi connectivity index (χ2n) is 7.38. The number of aromatic carboxylic acids is 1. The second kappa shape index (κ2) is 8.36. The minimum absolute atomic E-state index is 0.00737. The van der Waals surface area contributed by atoms with Crippen LogP contribution in [0.4, 0.5) is 13.2 Å². The summed E-state index contributed by atoms with van der Waals surface area (Å²) in [4.78, 5) is 29.5. The van der Waals surface area contributed by atoms with E-state index in [9.17, 15) is 22.8 Å². The van der Waals surface area contributed by atoms with Crippen molar-refractivity contribution in [1.82, 2.24) is 9.88 Å². The molecule has 0 unspecified atom stereocenters. The van der Waals surface area contributed by atoms with Crippen molar-refractivity contribution in [3.8, 4) is 5.75 Å². The van der Waals surface area contributed by atoms with Crippen LogP contribution in [0.15, 0.2) is 18.3 Å². The van der Waals surface area contributed by atoms with Gasteiger partial charge in [-0.3, -0.25) is 4.79 Å². The standard InChI is InChI=1S/C19H23F3N2O4/c20-19(21,22)13-7-5-12(6-8-13)17(25)24-10-2-3-14(24)11-28-15-4-1-9-23-16(15)18(26)27/h1,4,9,12-14H,2-3,5-8,10-11H2,(H,26,27)/t12?,13?,14-/m1/s1. The minimum atomic E-state index is -4.19. The number of carboxylic acid groups (broad SMARTS) is 1. The van der Waals surface area contributed by atoms with Crippen LogP contribution >= 0.6 is 0 Å². The molecule has 1 saturated carbocycles. The van der Waals surface area contributed by atoms with E-state index in [1.165, 1.54) is 12.3 Å². The molecule has 2 heterocycles. The zero-order valence-corrected chi connectivity index (χ0v) is 15.3. The van der Waals surface area contributed by atoms with Gasteiger partial charge >= 0.3 is 12.1 Å². The quantitative estimate of drug-likeness (QED) is 0.818. The van der Waals surface area contributed by atoms with Crippen LogP contribution in [0.3, 0.4) is 0 Å². The van der Waals surface area contributed by atoms with Gasteiger partial charge in [0.05, 0.1) is 12.0 Å². The molecule has 1 aliphatic carbocycles. The molecule has 0 aromatic carbocycles. The summed E-state index contributed by atoms with van der Waals surface area (Å²) in [6.07, 6.45) is -0.845. The lowest BCUT2D eigenvalue weighted by Crippen LogP contribution is -2.44. The number of carboxylic acids is 1. The molecule has 2 aliphatic rings. The van der Waals surface area contributed by atoms with E-state index < -0.39 is 18.1 Å². The van der Waals surface area contributed by atoms with Gasteiger partial charge in [-0.1, -0.05) is 0 Å². The molecule has 28 heavy (non-hydrogen) atoms. The number of hydrogen-bond acceptors (Lipinski definition) is 4. The lowest BCUT2D eigenvalue weighted by atomic mass is 9.81. The first-order valence-corrected chi connectivity index (χ1v) is 9.45. The van der Waals surface area contributed by atoms with Crippen LogP contribution in [0.1, 0.15) is 49.0 Å². The van der Waals surface area contributed by atoms with Crippen LogP contribution in [0.2, 0.25) is 0 Å². The summed E-state index contributed by atoms with van der Waals surface area (Å²) < 4.78 is 44.1. The van der Waals surface area contributed by atoms with Gasteiger partial charge in [-0.2, -0.15) is 13.2 Å². The van der Waals surface area contributed by atoms with Crippen LogP contribution < -0.4 is 4.74 Å². The molecule has 3 rings (SSSR count). The first-order valence-electron chi connectivity index (χ1n) is 9.45. The van der Waals surface area contributed by atoms with E-state index in [2.05, 4.69) is 4.98 Å². The lowest BCUT2D eigenvalue weighted by Gasteiger charge is -2.33. The summed E-state index contributed by atoms with van der Waals surface area (Å²) in [5.41, 5.74) is -0.191. The molecule has 6 nitrogen and oxygen atoms in total. The van der Waals surface area contributed by atoms with E-state index in [0.29, 0.717) is 13.0 Å². The van der Waals surface area contributed by atoms with Crippen molar-refractivity contribution >= 4 is 11.9 Å². The Morgan fingerprint density at radius 1 is 1.21 bits per heavy atom. The molecule has 1 saturated heterocycles. The molecule has 1 aromatic rings. The van der Waals surface area contributed by atoms with Gasteiger partial charge in [0.2, 0.25) is 5.91 Å². The number of aromatic nitrogens is 1. The van der Waals surface area contributed by atoms with Crippen LogP contribution in [0, 0.1) is 11.8 Å². The lowest BCUT2D eigenvalue weighted by molar-refractivity contribution is -0.185. The summed E-state index contributed by atoms with van der Waals surface area (Å²) in [7, 11) is 0. The molecule has 0 spiro atoms. The Hall–Kier alpha value is -2.32. The highest BCUT2D eigenvalue weighted by Crippen LogP contribution is 2.40. The number of ether oxygens (including phenoxy) is 1. The normalized spacial score (nSPS) is 25.5. The molecule has 0 bridgehead atoms. The van der Waals surface area contributed by atoms with Crippen LogP contribution in [0.25, 0.3) is 0 Å². The number of nitrogens with zero attached hydrogens (tertiary/aromatic N) is 2. The average molecular weight is 400 g/mol. The third kappa shape index (κ3) is 4.56. The maximum atomic E-state index is 12.8. The Morgan fingerprint density at radius 3 is 2.57 bits per heavy atom. The van der Waals surface area contributed by atoms with E-state index in [4.69, 9.17) is 9.84 Å². The fourth-order valence-electron chi connectivity index (χ4n) is 4.05. The summed E-state index contributed by atoms with van der Waals surface area (Å²) in [5, 5.41) is 9.16. The summed E-state index contributed by atoms with van der Waals surface area (Å²) in [6, 6.07) is 2.86. The number of hydrogen-bond donors (Lipinski definition) is 1. The van der Waals surface area contributed by atoms with Gasteiger partial charge in [-0.15, -0.1) is 0 Å². The number of carbonyl (C=O) groups excluding carboxylic acids is 1. The number of likely N-dealkylation sites (tertiary alicyclic amines) is 1. The van der Waals surface area contributed by atoms with E-state index in [1.54, 1.807) is 11.0 Å². The van der Waals surface area contributed by atoms with E-state index in [-0.39, 0.29) is 61.6 Å². The van der Waals surface area contributed by atoms with Crippen molar-refractivity contribution in [3.05, 3.63) is 24.0 Å². The van der Waals surface area contributed by atoms with E-state index in [0.717, 1.165) is 6.42 Å². The minimum Gasteiger partial charge on any atom is -0.489 e. The average Bonchev–Trinajstić information content (AvgIpc) is 3.14. The third-order valence-electron chi connectivity index (χ3n) is 5.60. The monoisotopic (exact) mass is 400 g/mol. The smallest absolute Gasteiger partial charge is 0.391 e. The highest BCUT2D eigenvalue weighted by molar-refractivity contribution is 5.88. The Morgan fingerprint density at radius 2 is 1.93 bits per heavy atom. The SMILES string of the molecule is O=C(O)c1ncccc1OC[C@H]1CCCN1C(=O)C1CCC(C(F)(F)F)CC1. The summed E-state index contributed by atoms with van der Waals surface area (Å²) in [5.74, 6) is -2.87. The van der Waals surface area contributed by atoms with Crippen molar-refractivity contribution in [1.29, 1.82) is 0 Å². The van der Waals surface area contributed by atoms with Gasteiger partial charge in [-0.05, 0) is 50.7 Å². The van der Waals surface area contributed by atoms with Crippen molar-refractivity contribution in [2.75, 3.05) is 13.2 Å². The fraction of sp³-hybridized carbons (Fsp3) is 0.632. The molecule has 2 fully saturated rings. The number of rotatable bonds is 5. The maximum Gasteiger partial charge on any atom is 0.391 e. The number of halogens is 3. The largest absolute Gasteiger partial charge is 0.489 e. The van der Waals surface area contributed by atoms with Gasteiger partial charge in [0.25, 0.3) is 0 Å². The first kappa shape index (κ1) is 20.4. The van der Waals surface area contributed by atoms with Crippen molar-refractivity contribution in [2.24, 2.45) is 11.8 Å². The van der Waals surface area contributed by atoms with Gasteiger partial charge in [-0.25, -0.2) is 9.78 Å². The number of alkyl halides is 3. The second-order valence-corrected chi connectivity index (χ2v) is 7.38. The van der Waals surface area contributed by atoms with Crippen molar-refractivity contribution in [3.63, 3.8) is 0 Å². The Kier molecular flexibility index (Phi) is 6.10. The van der Waals surface area contributed by atoms with E-state index >= 15 is 0 Å². The zero-order valence-electron chi connectivity index (χ0n) is 15.3. The predicted molar refractivity (Wildman–Crippen MR) is 92.9 cm³/mol. The molecule has 1 aromatic heterocycles. The first-order chi connectivity index (χ1) is 13.3. The molecule has 1 aliphatic heterocycles. The van der Waals surface area contributed by atoms with E-state index in [1.807, 2.05) is 0 Å². The van der Waals surface area contributed by atoms with Crippen LogP contribution in [0.5, 0.6) is 5.75 Å². The van der Waals surface area contributed by atoms with Gasteiger partial charge in [0.1, 0.15) is 6.61 Å². The highest BCUT2D eigenvalue weighted by Gasteiger charge is 2.44. The predicted octanol–water partition coefficient (Wildman–Crippen LogP) is 3.52. The highest BCUT2D eigenvalue weighted by atomic mass is 19.4. The van der Waals surface area contributed by atoms with Crippen LogP contribution in [-0.2, 0) is 4.79 Å². The zero-order chi connectivity index (χ0) is 20.3. The molecule has 1 atom stereocenters. The fourth-order valence-corrected chi connectivity index (χ4v) is 4.05. The number of pyridine rings is 1. The molecule has 0 radical (unpaired) electrons. The summed E-state index contributed by atoms with van der Waals surface area (Å²) in [6.45, 7) is 0.681.